The van der Waals surface area contributed by atoms with E-state index < -0.39 is 116 Å². The van der Waals surface area contributed by atoms with E-state index in [0.29, 0.717) is 30.4 Å². The molecule has 22 atom stereocenters. The summed E-state index contributed by atoms with van der Waals surface area (Å²) in [5.41, 5.74) is -0.0927. The van der Waals surface area contributed by atoms with Gasteiger partial charge in [0.2, 0.25) is 0 Å². The lowest BCUT2D eigenvalue weighted by Crippen LogP contribution is -2.58. The van der Waals surface area contributed by atoms with Gasteiger partial charge in [0.25, 0.3) is 0 Å². The molecule has 7 rings (SSSR count). The molecule has 0 radical (unpaired) electrons. The summed E-state index contributed by atoms with van der Waals surface area (Å²) in [6.07, 6.45) is 0.638. The van der Waals surface area contributed by atoms with Gasteiger partial charge in [-0.1, -0.05) is 64.5 Å². The predicted octanol–water partition coefficient (Wildman–Crippen LogP) is 5.60. The first-order valence-corrected chi connectivity index (χ1v) is 22.9. The fourth-order valence-corrected chi connectivity index (χ4v) is 10.6. The molecule has 1 aliphatic carbocycles. The van der Waals surface area contributed by atoms with Gasteiger partial charge in [0.15, 0.2) is 18.4 Å². The van der Waals surface area contributed by atoms with Crippen molar-refractivity contribution in [3.63, 3.8) is 0 Å². The molecular weight excluding hydrogens is 801 g/mol. The average Bonchev–Trinajstić information content (AvgIpc) is 3.61. The normalized spacial score (nSPS) is 51.4. The molecule has 5 fully saturated rings. The van der Waals surface area contributed by atoms with Gasteiger partial charge in [-0.25, -0.2) is 0 Å². The third-order valence-corrected chi connectivity index (χ3v) is 14.5. The van der Waals surface area contributed by atoms with Gasteiger partial charge < -0.3 is 62.7 Å². The number of allylic oxidation sites excluding steroid dienone is 2. The van der Waals surface area contributed by atoms with E-state index in [0.717, 1.165) is 12.0 Å². The van der Waals surface area contributed by atoms with Crippen molar-refractivity contribution in [1.29, 1.82) is 0 Å². The minimum Gasteiger partial charge on any atom is -0.462 e. The lowest BCUT2D eigenvalue weighted by Gasteiger charge is -2.51. The molecule has 2 bridgehead atoms. The molecule has 0 aromatic rings. The summed E-state index contributed by atoms with van der Waals surface area (Å²) in [5.74, 6) is -3.77. The van der Waals surface area contributed by atoms with Crippen LogP contribution in [0.25, 0.3) is 0 Å². The number of rotatable bonds is 8. The van der Waals surface area contributed by atoms with Crippen LogP contribution in [-0.2, 0) is 52.2 Å². The lowest BCUT2D eigenvalue weighted by atomic mass is 9.71. The lowest BCUT2D eigenvalue weighted by molar-refractivity contribution is -0.340. The van der Waals surface area contributed by atoms with Crippen molar-refractivity contribution >= 4 is 5.97 Å². The zero-order chi connectivity index (χ0) is 46.4. The van der Waals surface area contributed by atoms with Crippen LogP contribution >= 0.6 is 0 Å². The van der Waals surface area contributed by atoms with Gasteiger partial charge in [0, 0.05) is 55.0 Å². The molecule has 6 heterocycles. The molecule has 0 amide bonds. The molecule has 0 saturated carbocycles. The van der Waals surface area contributed by atoms with Gasteiger partial charge in [-0.15, -0.1) is 0 Å². The third-order valence-electron chi connectivity index (χ3n) is 14.5. The first-order valence-electron chi connectivity index (χ1n) is 24.0. The van der Waals surface area contributed by atoms with E-state index in [-0.39, 0.29) is 43.3 Å². The number of hydrogen-bond donors (Lipinski definition) is 3. The molecule has 14 nitrogen and oxygen atoms in total. The zero-order valence-corrected chi connectivity index (χ0v) is 38.2. The van der Waals surface area contributed by atoms with E-state index in [4.69, 9.17) is 47.4 Å². The number of methoxy groups -OCH3 is 2. The molecular formula is C48H74O14. The highest BCUT2D eigenvalue weighted by molar-refractivity contribution is 5.78. The Balaban J connectivity index is 1.20. The van der Waals surface area contributed by atoms with Crippen LogP contribution in [0.2, 0.25) is 0 Å². The molecule has 6 aliphatic heterocycles. The predicted molar refractivity (Wildman–Crippen MR) is 227 cm³/mol. The molecule has 1 spiro atoms. The van der Waals surface area contributed by atoms with E-state index in [1.807, 2.05) is 39.8 Å². The summed E-state index contributed by atoms with van der Waals surface area (Å²) in [7, 11) is 3.19. The maximum Gasteiger partial charge on any atom is 0.316 e. The molecule has 7 aliphatic rings. The van der Waals surface area contributed by atoms with Crippen LogP contribution in [0.4, 0.5) is 0 Å². The Kier molecular flexibility index (Phi) is 14.4. The van der Waals surface area contributed by atoms with Crippen LogP contribution in [0.1, 0.15) is 109 Å². The largest absolute Gasteiger partial charge is 0.462 e. The maximum absolute atomic E-state index is 14.4. The zero-order valence-electron chi connectivity index (χ0n) is 40.2. The summed E-state index contributed by atoms with van der Waals surface area (Å²) < 4.78 is 82.1. The Morgan fingerprint density at radius 2 is 1.66 bits per heavy atom. The summed E-state index contributed by atoms with van der Waals surface area (Å²) in [5, 5.41) is 34.3. The Morgan fingerprint density at radius 3 is 2.39 bits per heavy atom. The van der Waals surface area contributed by atoms with E-state index in [1.165, 1.54) is 0 Å². The quantitative estimate of drug-likeness (QED) is 0.204. The highest BCUT2D eigenvalue weighted by Crippen LogP contribution is 2.48. The summed E-state index contributed by atoms with van der Waals surface area (Å²) in [6, 6.07) is 0. The molecule has 62 heavy (non-hydrogen) atoms. The van der Waals surface area contributed by atoms with Crippen LogP contribution in [0.3, 0.4) is 0 Å². The average molecular weight is 877 g/mol. The fourth-order valence-electron chi connectivity index (χ4n) is 10.6. The Labute approximate surface area is 371 Å². The second-order valence-corrected chi connectivity index (χ2v) is 19.0. The first-order chi connectivity index (χ1) is 30.3. The first kappa shape index (κ1) is 45.1. The summed E-state index contributed by atoms with van der Waals surface area (Å²) in [6.45, 7) is 15.5. The molecule has 14 heteroatoms. The minimum absolute atomic E-state index is 0.00937. The number of aliphatic hydroxyl groups is 3. The van der Waals surface area contributed by atoms with Crippen molar-refractivity contribution < 1.29 is 70.2 Å². The van der Waals surface area contributed by atoms with Gasteiger partial charge in [-0.05, 0) is 69.1 Å². The standard InChI is InChI=1S/C48H74O14/c1-11-25(2)43-28(5)17-18-47(62-43)23-34-20-33(61-47)16-15-27(4)42(26(3)13-12-14-32-24-55-45-40(49)29(6)19-35(46(51)58-34)48(32,45)52)59-39-22-37(54-10)44(31(8)57-39)60-38-21-36(53-9)41(50)30(7)56-38/h12-15,19,25-26,28,30-31,33-45,49-50,52H,11,16-18,20-24H2,1-10H3/b13-12+,27-15+,32-14?/t25-,26-,28-,30-,31-,33+,34-,35-,36-,37-,38-,39-,40+,41-,42-,43+,44-,45+,47+,48+/m0/s1/i17D,18D/t17?,18?,25-,26-,28-,30-,31-,33+,34-,35-,36-,37-,38-,39-,40+,41-,42-,43+,44-,45+,47+,48+. The van der Waals surface area contributed by atoms with E-state index in [1.54, 1.807) is 40.2 Å². The second kappa shape index (κ2) is 19.8. The third kappa shape index (κ3) is 9.73. The van der Waals surface area contributed by atoms with E-state index >= 15 is 0 Å². The Bertz CT molecular complexity index is 1760. The highest BCUT2D eigenvalue weighted by Gasteiger charge is 2.60. The van der Waals surface area contributed by atoms with Crippen LogP contribution < -0.4 is 0 Å². The number of hydrogen-bond acceptors (Lipinski definition) is 14. The number of fused-ring (bicyclic) bond motifs is 2. The summed E-state index contributed by atoms with van der Waals surface area (Å²) >= 11 is 0. The van der Waals surface area contributed by atoms with Crippen LogP contribution in [0.5, 0.6) is 0 Å². The molecule has 0 aromatic carbocycles. The SMILES string of the molecule is [2H]C1C([2H])[C@]2(C[C@@H]3C[C@@H](C/C=C(\C)[C@@H](O[C@H]4C[C@H](OC)[C@@H](O[C@H]5C[C@H](OC)[C@@H](O)[C@H](C)O5)[C@H](C)O4)[C@@H](C)/C=C/C=C4CO[C@@H]5[C@H](O)C(C)=C[C@@H](C(=O)O3)[C@]45O)O2)O[C@H]([C@@H](C)CC)[C@H]1C. The van der Waals surface area contributed by atoms with E-state index in [2.05, 4.69) is 19.9 Å². The van der Waals surface area contributed by atoms with Crippen LogP contribution in [-0.4, -0.2) is 139 Å². The van der Waals surface area contributed by atoms with Crippen molar-refractivity contribution in [3.05, 3.63) is 47.1 Å². The van der Waals surface area contributed by atoms with Crippen molar-refractivity contribution in [1.82, 2.24) is 0 Å². The van der Waals surface area contributed by atoms with Crippen molar-refractivity contribution in [2.75, 3.05) is 20.8 Å². The molecule has 5 saturated heterocycles. The van der Waals surface area contributed by atoms with Gasteiger partial charge in [-0.3, -0.25) is 4.79 Å². The molecule has 0 aromatic heterocycles. The Hall–Kier alpha value is -2.05. The van der Waals surface area contributed by atoms with Crippen LogP contribution in [0, 0.1) is 23.7 Å². The van der Waals surface area contributed by atoms with Gasteiger partial charge in [0.1, 0.15) is 42.0 Å². The highest BCUT2D eigenvalue weighted by atomic mass is 16.7. The Morgan fingerprint density at radius 1 is 0.952 bits per heavy atom. The second-order valence-electron chi connectivity index (χ2n) is 19.0. The molecule has 2 unspecified atom stereocenters. The monoisotopic (exact) mass is 877 g/mol. The van der Waals surface area contributed by atoms with Crippen molar-refractivity contribution in [2.24, 2.45) is 23.7 Å². The topological polar surface area (TPSA) is 170 Å². The number of carbonyl (C=O) groups excluding carboxylic acids is 1. The van der Waals surface area contributed by atoms with Gasteiger partial charge in [0.05, 0.1) is 49.3 Å². The van der Waals surface area contributed by atoms with Crippen molar-refractivity contribution in [2.45, 2.75) is 204 Å². The number of esters is 1. The fraction of sp³-hybridized carbons (Fsp3) is 0.812. The minimum atomic E-state index is -1.90. The van der Waals surface area contributed by atoms with Gasteiger partial charge >= 0.3 is 5.97 Å². The smallest absolute Gasteiger partial charge is 0.316 e. The van der Waals surface area contributed by atoms with Crippen LogP contribution in [0.15, 0.2) is 47.1 Å². The van der Waals surface area contributed by atoms with Gasteiger partial charge in [-0.2, -0.15) is 0 Å². The molecule has 3 N–H and O–H groups in total. The number of ether oxygens (including phenoxy) is 10. The number of carbonyl (C=O) groups is 1. The van der Waals surface area contributed by atoms with Crippen molar-refractivity contribution in [3.8, 4) is 0 Å². The van der Waals surface area contributed by atoms with E-state index in [9.17, 15) is 22.9 Å². The maximum atomic E-state index is 14.4. The number of aliphatic hydroxyl groups excluding tert-OH is 2. The summed E-state index contributed by atoms with van der Waals surface area (Å²) in [4.78, 5) is 14.4. The molecule has 350 valence electrons.